The van der Waals surface area contributed by atoms with Gasteiger partial charge in [-0.1, -0.05) is 42.5 Å². The van der Waals surface area contributed by atoms with Crippen LogP contribution in [0.4, 0.5) is 0 Å². The van der Waals surface area contributed by atoms with Gasteiger partial charge < -0.3 is 9.80 Å². The molecule has 0 aliphatic rings. The number of nitrogens with zero attached hydrogens (tertiary/aromatic N) is 2. The van der Waals surface area contributed by atoms with Gasteiger partial charge in [-0.25, -0.2) is 0 Å². The molecule has 1 rings (SSSR count). The van der Waals surface area contributed by atoms with Crippen LogP contribution in [0.25, 0.3) is 6.08 Å². The van der Waals surface area contributed by atoms with Gasteiger partial charge in [-0.15, -0.1) is 0 Å². The topological polar surface area (TPSA) is 6.48 Å². The second kappa shape index (κ2) is 7.20. The summed E-state index contributed by atoms with van der Waals surface area (Å²) in [6.45, 7) is 3.21. The number of likely N-dealkylation sites (N-methyl/N-ethyl adjacent to an activating group) is 2. The molecule has 16 heavy (non-hydrogen) atoms. The van der Waals surface area contributed by atoms with E-state index in [0.29, 0.717) is 0 Å². The summed E-state index contributed by atoms with van der Waals surface area (Å²) in [7, 11) is 6.36. The van der Waals surface area contributed by atoms with Crippen LogP contribution >= 0.6 is 0 Å². The first-order valence-corrected chi connectivity index (χ1v) is 5.73. The lowest BCUT2D eigenvalue weighted by Crippen LogP contribution is -2.28. The molecule has 2 heteroatoms. The Balaban J connectivity index is 2.26. The lowest BCUT2D eigenvalue weighted by Gasteiger charge is -2.17. The maximum atomic E-state index is 2.32. The van der Waals surface area contributed by atoms with Crippen molar-refractivity contribution in [1.82, 2.24) is 9.80 Å². The van der Waals surface area contributed by atoms with Crippen molar-refractivity contribution in [3.05, 3.63) is 42.0 Å². The first kappa shape index (κ1) is 12.9. The van der Waals surface area contributed by atoms with E-state index in [2.05, 4.69) is 67.4 Å². The van der Waals surface area contributed by atoms with Gasteiger partial charge in [0.05, 0.1) is 0 Å². The van der Waals surface area contributed by atoms with Crippen molar-refractivity contribution in [3.8, 4) is 0 Å². The van der Waals surface area contributed by atoms with E-state index in [0.717, 1.165) is 19.6 Å². The molecular weight excluding hydrogens is 196 g/mol. The molecule has 0 aliphatic heterocycles. The Bertz CT molecular complexity index is 304. The summed E-state index contributed by atoms with van der Waals surface area (Å²) in [6, 6.07) is 10.4. The molecule has 0 amide bonds. The van der Waals surface area contributed by atoms with E-state index >= 15 is 0 Å². The van der Waals surface area contributed by atoms with E-state index in [1.54, 1.807) is 0 Å². The second-order valence-electron chi connectivity index (χ2n) is 4.38. The Kier molecular flexibility index (Phi) is 5.83. The molecule has 2 nitrogen and oxygen atoms in total. The molecule has 0 radical (unpaired) electrons. The van der Waals surface area contributed by atoms with Gasteiger partial charge in [0, 0.05) is 19.6 Å². The summed E-state index contributed by atoms with van der Waals surface area (Å²) in [5.41, 5.74) is 1.27. The summed E-state index contributed by atoms with van der Waals surface area (Å²) in [5.74, 6) is 0. The van der Waals surface area contributed by atoms with Crippen LogP contribution in [0.5, 0.6) is 0 Å². The highest BCUT2D eigenvalue weighted by molar-refractivity contribution is 5.48. The molecule has 0 aromatic heterocycles. The molecule has 0 atom stereocenters. The minimum absolute atomic E-state index is 1.00. The van der Waals surface area contributed by atoms with Crippen LogP contribution in [0, 0.1) is 0 Å². The van der Waals surface area contributed by atoms with Crippen LogP contribution in [-0.4, -0.2) is 50.6 Å². The molecule has 88 valence electrons. The van der Waals surface area contributed by atoms with Crippen molar-refractivity contribution in [2.75, 3.05) is 40.8 Å². The summed E-state index contributed by atoms with van der Waals surface area (Å²) in [5, 5.41) is 0. The first-order valence-electron chi connectivity index (χ1n) is 5.73. The Morgan fingerprint density at radius 2 is 1.69 bits per heavy atom. The predicted molar refractivity (Wildman–Crippen MR) is 71.5 cm³/mol. The van der Waals surface area contributed by atoms with Crippen molar-refractivity contribution in [3.63, 3.8) is 0 Å². The SMILES string of the molecule is CN(C)CCN(C)CC=Cc1ccccc1. The fourth-order valence-electron chi connectivity index (χ4n) is 1.39. The maximum Gasteiger partial charge on any atom is 0.0163 e. The predicted octanol–water partition coefficient (Wildman–Crippen LogP) is 2.19. The van der Waals surface area contributed by atoms with E-state index in [1.165, 1.54) is 5.56 Å². The Morgan fingerprint density at radius 3 is 2.31 bits per heavy atom. The number of hydrogen-bond donors (Lipinski definition) is 0. The monoisotopic (exact) mass is 218 g/mol. The molecule has 0 bridgehead atoms. The van der Waals surface area contributed by atoms with Crippen LogP contribution in [0.15, 0.2) is 36.4 Å². The van der Waals surface area contributed by atoms with Gasteiger partial charge in [-0.05, 0) is 26.7 Å². The van der Waals surface area contributed by atoms with E-state index in [-0.39, 0.29) is 0 Å². The average molecular weight is 218 g/mol. The molecule has 0 saturated heterocycles. The number of benzene rings is 1. The molecule has 0 fully saturated rings. The number of hydrogen-bond acceptors (Lipinski definition) is 2. The van der Waals surface area contributed by atoms with Crippen molar-refractivity contribution in [2.24, 2.45) is 0 Å². The van der Waals surface area contributed by atoms with Crippen molar-refractivity contribution < 1.29 is 0 Å². The number of rotatable bonds is 6. The van der Waals surface area contributed by atoms with Crippen LogP contribution in [0.2, 0.25) is 0 Å². The quantitative estimate of drug-likeness (QED) is 0.722. The van der Waals surface area contributed by atoms with Gasteiger partial charge >= 0.3 is 0 Å². The van der Waals surface area contributed by atoms with Crippen molar-refractivity contribution in [1.29, 1.82) is 0 Å². The molecule has 0 saturated carbocycles. The maximum absolute atomic E-state index is 2.32. The third-order valence-electron chi connectivity index (χ3n) is 2.46. The van der Waals surface area contributed by atoms with Crippen LogP contribution in [0.1, 0.15) is 5.56 Å². The zero-order valence-electron chi connectivity index (χ0n) is 10.6. The summed E-state index contributed by atoms with van der Waals surface area (Å²) >= 11 is 0. The van der Waals surface area contributed by atoms with Gasteiger partial charge in [0.2, 0.25) is 0 Å². The summed E-state index contributed by atoms with van der Waals surface area (Å²) in [4.78, 5) is 4.52. The molecular formula is C14H22N2. The third kappa shape index (κ3) is 5.69. The van der Waals surface area contributed by atoms with Crippen LogP contribution in [-0.2, 0) is 0 Å². The van der Waals surface area contributed by atoms with E-state index < -0.39 is 0 Å². The molecule has 0 spiro atoms. The Hall–Kier alpha value is -1.12. The van der Waals surface area contributed by atoms with Gasteiger partial charge in [0.1, 0.15) is 0 Å². The van der Waals surface area contributed by atoms with Gasteiger partial charge in [0.15, 0.2) is 0 Å². The van der Waals surface area contributed by atoms with Gasteiger partial charge in [-0.2, -0.15) is 0 Å². The lowest BCUT2D eigenvalue weighted by molar-refractivity contribution is 0.302. The zero-order valence-corrected chi connectivity index (χ0v) is 10.6. The Labute approximate surface area is 99.2 Å². The lowest BCUT2D eigenvalue weighted by atomic mass is 10.2. The normalized spacial score (nSPS) is 11.8. The molecule has 1 aromatic rings. The van der Waals surface area contributed by atoms with E-state index in [4.69, 9.17) is 0 Å². The smallest absolute Gasteiger partial charge is 0.0163 e. The van der Waals surface area contributed by atoms with Crippen molar-refractivity contribution >= 4 is 6.08 Å². The van der Waals surface area contributed by atoms with Crippen molar-refractivity contribution in [2.45, 2.75) is 0 Å². The van der Waals surface area contributed by atoms with Crippen LogP contribution < -0.4 is 0 Å². The first-order chi connectivity index (χ1) is 7.68. The van der Waals surface area contributed by atoms with Crippen LogP contribution in [0.3, 0.4) is 0 Å². The second-order valence-corrected chi connectivity index (χ2v) is 4.38. The van der Waals surface area contributed by atoms with Gasteiger partial charge in [-0.3, -0.25) is 0 Å². The third-order valence-corrected chi connectivity index (χ3v) is 2.46. The molecule has 0 N–H and O–H groups in total. The summed E-state index contributed by atoms with van der Waals surface area (Å²) in [6.07, 6.45) is 4.39. The fourth-order valence-corrected chi connectivity index (χ4v) is 1.39. The fraction of sp³-hybridized carbons (Fsp3) is 0.429. The van der Waals surface area contributed by atoms with E-state index in [1.807, 2.05) is 6.07 Å². The average Bonchev–Trinajstić information content (AvgIpc) is 2.28. The Morgan fingerprint density at radius 1 is 1.00 bits per heavy atom. The highest BCUT2D eigenvalue weighted by Gasteiger charge is 1.95. The zero-order chi connectivity index (χ0) is 11.8. The highest BCUT2D eigenvalue weighted by Crippen LogP contribution is 2.00. The van der Waals surface area contributed by atoms with Gasteiger partial charge in [0.25, 0.3) is 0 Å². The minimum Gasteiger partial charge on any atom is -0.308 e. The molecule has 0 aliphatic carbocycles. The minimum atomic E-state index is 1.00. The highest BCUT2D eigenvalue weighted by atomic mass is 15.1. The molecule has 0 heterocycles. The molecule has 1 aromatic carbocycles. The standard InChI is InChI=1S/C14H22N2/c1-15(2)12-13-16(3)11-7-10-14-8-5-4-6-9-14/h4-10H,11-13H2,1-3H3. The van der Waals surface area contributed by atoms with E-state index in [9.17, 15) is 0 Å². The molecule has 0 unspecified atom stereocenters. The summed E-state index contributed by atoms with van der Waals surface area (Å²) < 4.78 is 0. The largest absolute Gasteiger partial charge is 0.308 e.